The van der Waals surface area contributed by atoms with Gasteiger partial charge in [0.2, 0.25) is 10.9 Å². The van der Waals surface area contributed by atoms with Crippen molar-refractivity contribution in [2.45, 2.75) is 20.8 Å². The molecule has 0 fully saturated rings. The number of nitrogens with one attached hydrogen (secondary N) is 1. The molecule has 0 bridgehead atoms. The number of non-ortho nitro benzene ring substituents is 1. The Kier molecular flexibility index (Phi) is 7.55. The molecule has 2 aromatic carbocycles. The number of nitrogens with zero attached hydrogens (tertiary/aromatic N) is 3. The molecule has 0 aliphatic heterocycles. The summed E-state index contributed by atoms with van der Waals surface area (Å²) in [5.74, 6) is 0.813. The van der Waals surface area contributed by atoms with Crippen molar-refractivity contribution in [1.29, 1.82) is 0 Å². The minimum atomic E-state index is -0.481. The van der Waals surface area contributed by atoms with Crippen LogP contribution in [0.15, 0.2) is 36.4 Å². The van der Waals surface area contributed by atoms with Gasteiger partial charge in [-0.25, -0.2) is 0 Å². The van der Waals surface area contributed by atoms with E-state index in [9.17, 15) is 14.9 Å². The first-order valence-corrected chi connectivity index (χ1v) is 10.7. The van der Waals surface area contributed by atoms with Gasteiger partial charge in [0.1, 0.15) is 5.01 Å². The van der Waals surface area contributed by atoms with E-state index >= 15 is 0 Å². The number of benzene rings is 2. The number of hydrogen-bond acceptors (Lipinski definition) is 9. The average Bonchev–Trinajstić information content (AvgIpc) is 3.24. The van der Waals surface area contributed by atoms with E-state index in [1.165, 1.54) is 12.1 Å². The van der Waals surface area contributed by atoms with Crippen molar-refractivity contribution in [2.24, 2.45) is 0 Å². The number of amides is 1. The third-order valence-corrected chi connectivity index (χ3v) is 5.01. The molecule has 0 saturated carbocycles. The second-order valence-corrected chi connectivity index (χ2v) is 7.25. The van der Waals surface area contributed by atoms with Crippen LogP contribution in [0.5, 0.6) is 17.2 Å². The molecule has 1 amide bonds. The lowest BCUT2D eigenvalue weighted by Crippen LogP contribution is -2.13. The molecule has 0 radical (unpaired) electrons. The fourth-order valence-electron chi connectivity index (χ4n) is 2.83. The third kappa shape index (κ3) is 5.30. The Labute approximate surface area is 188 Å². The van der Waals surface area contributed by atoms with E-state index in [0.29, 0.717) is 53.2 Å². The van der Waals surface area contributed by atoms with Crippen molar-refractivity contribution in [3.8, 4) is 27.8 Å². The molecule has 32 heavy (non-hydrogen) atoms. The Bertz CT molecular complexity index is 1090. The Balaban J connectivity index is 1.86. The number of aromatic nitrogens is 2. The van der Waals surface area contributed by atoms with E-state index in [0.717, 1.165) is 11.3 Å². The summed E-state index contributed by atoms with van der Waals surface area (Å²) in [7, 11) is 0. The number of carbonyl (C=O) groups excluding carboxylic acids is 1. The van der Waals surface area contributed by atoms with E-state index in [4.69, 9.17) is 14.2 Å². The van der Waals surface area contributed by atoms with Crippen molar-refractivity contribution in [2.75, 3.05) is 25.1 Å². The summed E-state index contributed by atoms with van der Waals surface area (Å²) in [4.78, 5) is 23.4. The molecule has 11 heteroatoms. The van der Waals surface area contributed by atoms with Gasteiger partial charge >= 0.3 is 0 Å². The first-order valence-electron chi connectivity index (χ1n) is 9.92. The van der Waals surface area contributed by atoms with Crippen LogP contribution in [-0.4, -0.2) is 40.8 Å². The summed E-state index contributed by atoms with van der Waals surface area (Å²) in [6.45, 7) is 6.70. The molecule has 0 aliphatic carbocycles. The van der Waals surface area contributed by atoms with Gasteiger partial charge in [-0.1, -0.05) is 23.5 Å². The van der Waals surface area contributed by atoms with Crippen LogP contribution < -0.4 is 19.5 Å². The average molecular weight is 458 g/mol. The molecule has 0 spiro atoms. The van der Waals surface area contributed by atoms with E-state index in [1.54, 1.807) is 24.3 Å². The van der Waals surface area contributed by atoms with Crippen LogP contribution in [0.3, 0.4) is 0 Å². The van der Waals surface area contributed by atoms with Crippen LogP contribution in [0.1, 0.15) is 31.1 Å². The number of anilines is 1. The number of hydrogen-bond donors (Lipinski definition) is 1. The van der Waals surface area contributed by atoms with Crippen LogP contribution in [0.25, 0.3) is 10.6 Å². The molecular formula is C21H22N4O6S. The Morgan fingerprint density at radius 1 is 1.03 bits per heavy atom. The van der Waals surface area contributed by atoms with Crippen molar-refractivity contribution < 1.29 is 23.9 Å². The predicted molar refractivity (Wildman–Crippen MR) is 120 cm³/mol. The molecule has 1 N–H and O–H groups in total. The molecular weight excluding hydrogens is 436 g/mol. The zero-order valence-corrected chi connectivity index (χ0v) is 18.6. The predicted octanol–water partition coefficient (Wildman–Crippen LogP) is 4.56. The van der Waals surface area contributed by atoms with Gasteiger partial charge in [0.25, 0.3) is 11.6 Å². The number of ether oxygens (including phenoxy) is 3. The van der Waals surface area contributed by atoms with Gasteiger partial charge in [-0.3, -0.25) is 20.2 Å². The standard InChI is InChI=1S/C21H22N4O6S/c1-4-29-16-11-14(12-17(30-5-2)18(16)31-6-3)19(26)22-21-24-23-20(32-21)13-8-7-9-15(10-13)25(27)28/h7-12H,4-6H2,1-3H3,(H,22,24,26). The van der Waals surface area contributed by atoms with Crippen molar-refractivity contribution in [3.63, 3.8) is 0 Å². The molecule has 1 heterocycles. The largest absolute Gasteiger partial charge is 0.490 e. The summed E-state index contributed by atoms with van der Waals surface area (Å²) in [6, 6.07) is 9.21. The lowest BCUT2D eigenvalue weighted by atomic mass is 10.1. The second-order valence-electron chi connectivity index (χ2n) is 6.27. The van der Waals surface area contributed by atoms with E-state index in [2.05, 4.69) is 15.5 Å². The van der Waals surface area contributed by atoms with Crippen LogP contribution in [0, 0.1) is 10.1 Å². The van der Waals surface area contributed by atoms with Crippen molar-refractivity contribution in [1.82, 2.24) is 10.2 Å². The number of nitro groups is 1. The van der Waals surface area contributed by atoms with E-state index < -0.39 is 10.8 Å². The van der Waals surface area contributed by atoms with Crippen LogP contribution >= 0.6 is 11.3 Å². The maximum absolute atomic E-state index is 12.9. The monoisotopic (exact) mass is 458 g/mol. The highest BCUT2D eigenvalue weighted by atomic mass is 32.1. The minimum absolute atomic E-state index is 0.0513. The Morgan fingerprint density at radius 3 is 2.28 bits per heavy atom. The lowest BCUT2D eigenvalue weighted by molar-refractivity contribution is -0.384. The van der Waals surface area contributed by atoms with E-state index in [1.807, 2.05) is 20.8 Å². The summed E-state index contributed by atoms with van der Waals surface area (Å²) in [5.41, 5.74) is 0.785. The topological polar surface area (TPSA) is 126 Å². The van der Waals surface area contributed by atoms with Gasteiger partial charge in [-0.15, -0.1) is 10.2 Å². The zero-order valence-electron chi connectivity index (χ0n) is 17.8. The van der Waals surface area contributed by atoms with Crippen LogP contribution in [-0.2, 0) is 0 Å². The van der Waals surface area contributed by atoms with E-state index in [-0.39, 0.29) is 10.8 Å². The van der Waals surface area contributed by atoms with Gasteiger partial charge in [0, 0.05) is 23.3 Å². The highest BCUT2D eigenvalue weighted by Crippen LogP contribution is 2.39. The fraction of sp³-hybridized carbons (Fsp3) is 0.286. The Hall–Kier alpha value is -3.73. The van der Waals surface area contributed by atoms with Gasteiger partial charge in [-0.2, -0.15) is 0 Å². The van der Waals surface area contributed by atoms with Gasteiger partial charge in [0.05, 0.1) is 24.7 Å². The zero-order chi connectivity index (χ0) is 23.1. The molecule has 3 rings (SSSR count). The number of rotatable bonds is 10. The normalized spacial score (nSPS) is 10.5. The number of nitro benzene ring substituents is 1. The highest BCUT2D eigenvalue weighted by molar-refractivity contribution is 7.18. The summed E-state index contributed by atoms with van der Waals surface area (Å²) in [6.07, 6.45) is 0. The quantitative estimate of drug-likeness (QED) is 0.346. The highest BCUT2D eigenvalue weighted by Gasteiger charge is 2.20. The minimum Gasteiger partial charge on any atom is -0.490 e. The molecule has 0 saturated heterocycles. The first-order chi connectivity index (χ1) is 15.5. The molecule has 168 valence electrons. The van der Waals surface area contributed by atoms with Gasteiger partial charge < -0.3 is 14.2 Å². The third-order valence-electron chi connectivity index (χ3n) is 4.12. The SMILES string of the molecule is CCOc1cc(C(=O)Nc2nnc(-c3cccc([N+](=O)[O-])c3)s2)cc(OCC)c1OCC. The van der Waals surface area contributed by atoms with Crippen molar-refractivity contribution >= 4 is 28.1 Å². The molecule has 1 aromatic heterocycles. The molecule has 0 unspecified atom stereocenters. The molecule has 10 nitrogen and oxygen atoms in total. The smallest absolute Gasteiger partial charge is 0.270 e. The van der Waals surface area contributed by atoms with Gasteiger partial charge in [-0.05, 0) is 32.9 Å². The summed E-state index contributed by atoms with van der Waals surface area (Å²) >= 11 is 1.11. The summed E-state index contributed by atoms with van der Waals surface area (Å²) < 4.78 is 16.9. The van der Waals surface area contributed by atoms with Crippen LogP contribution in [0.2, 0.25) is 0 Å². The van der Waals surface area contributed by atoms with Crippen molar-refractivity contribution in [3.05, 3.63) is 52.1 Å². The van der Waals surface area contributed by atoms with Gasteiger partial charge in [0.15, 0.2) is 11.5 Å². The summed E-state index contributed by atoms with van der Waals surface area (Å²) in [5, 5.41) is 22.4. The molecule has 0 atom stereocenters. The van der Waals surface area contributed by atoms with Crippen LogP contribution in [0.4, 0.5) is 10.8 Å². The second kappa shape index (κ2) is 10.5. The lowest BCUT2D eigenvalue weighted by Gasteiger charge is -2.16. The maximum Gasteiger partial charge on any atom is 0.270 e. The first kappa shape index (κ1) is 22.9. The fourth-order valence-corrected chi connectivity index (χ4v) is 3.57. The molecule has 0 aliphatic rings. The molecule has 3 aromatic rings. The maximum atomic E-state index is 12.9. The number of carbonyl (C=O) groups is 1. The Morgan fingerprint density at radius 2 is 1.69 bits per heavy atom.